The molecule has 21 heavy (non-hydrogen) atoms. The smallest absolute Gasteiger partial charge is 0.251 e. The summed E-state index contributed by atoms with van der Waals surface area (Å²) < 4.78 is 0. The molecule has 0 unspecified atom stereocenters. The van der Waals surface area contributed by atoms with Gasteiger partial charge in [-0.1, -0.05) is 0 Å². The predicted molar refractivity (Wildman–Crippen MR) is 84.4 cm³/mol. The van der Waals surface area contributed by atoms with Gasteiger partial charge < -0.3 is 5.32 Å². The maximum atomic E-state index is 12.2. The minimum Gasteiger partial charge on any atom is -0.351 e. The van der Waals surface area contributed by atoms with Gasteiger partial charge in [0.2, 0.25) is 0 Å². The Hall–Kier alpha value is -1.09. The molecule has 0 aromatic carbocycles. The van der Waals surface area contributed by atoms with Crippen molar-refractivity contribution in [3.63, 3.8) is 0 Å². The number of hydrogen-bond acceptors (Lipinski definition) is 2. The zero-order valence-electron chi connectivity index (χ0n) is 12.3. The molecule has 0 saturated heterocycles. The molecule has 4 aliphatic carbocycles. The van der Waals surface area contributed by atoms with Gasteiger partial charge in [0.15, 0.2) is 0 Å². The normalized spacial score (nSPS) is 36.1. The van der Waals surface area contributed by atoms with Crippen LogP contribution in [0.3, 0.4) is 0 Å². The van der Waals surface area contributed by atoms with E-state index in [4.69, 9.17) is 0 Å². The van der Waals surface area contributed by atoms with Gasteiger partial charge in [-0.2, -0.15) is 0 Å². The second-order valence-electron chi connectivity index (χ2n) is 7.34. The molecule has 1 heterocycles. The number of amides is 1. The van der Waals surface area contributed by atoms with Crippen molar-refractivity contribution in [2.24, 2.45) is 23.2 Å². The highest BCUT2D eigenvalue weighted by Crippen LogP contribution is 2.59. The summed E-state index contributed by atoms with van der Waals surface area (Å²) in [6.45, 7) is 0.873. The van der Waals surface area contributed by atoms with Gasteiger partial charge in [0, 0.05) is 24.5 Å². The molecule has 4 aliphatic rings. The van der Waals surface area contributed by atoms with E-state index in [1.54, 1.807) is 24.5 Å². The molecule has 5 rings (SSSR count). The van der Waals surface area contributed by atoms with Gasteiger partial charge in [-0.3, -0.25) is 9.78 Å². The number of hydrogen-bond donors (Lipinski definition) is 1. The first-order chi connectivity index (χ1) is 9.72. The summed E-state index contributed by atoms with van der Waals surface area (Å²) in [4.78, 5) is 16.2. The third-order valence-corrected chi connectivity index (χ3v) is 5.73. The van der Waals surface area contributed by atoms with Crippen molar-refractivity contribution in [1.29, 1.82) is 0 Å². The van der Waals surface area contributed by atoms with E-state index in [2.05, 4.69) is 10.3 Å². The van der Waals surface area contributed by atoms with Crippen molar-refractivity contribution in [2.75, 3.05) is 6.54 Å². The fraction of sp³-hybridized carbons (Fsp3) is 0.647. The lowest BCUT2D eigenvalue weighted by atomic mass is 9.49. The highest BCUT2D eigenvalue weighted by molar-refractivity contribution is 5.93. The average Bonchev–Trinajstić information content (AvgIpc) is 2.44. The first kappa shape index (κ1) is 14.8. The first-order valence-electron chi connectivity index (χ1n) is 7.91. The Labute approximate surface area is 132 Å². The molecule has 0 radical (unpaired) electrons. The summed E-state index contributed by atoms with van der Waals surface area (Å²) >= 11 is 0. The van der Waals surface area contributed by atoms with E-state index >= 15 is 0 Å². The molecule has 4 saturated carbocycles. The van der Waals surface area contributed by atoms with Crippen molar-refractivity contribution < 1.29 is 4.79 Å². The molecule has 1 N–H and O–H groups in total. The first-order valence-corrected chi connectivity index (χ1v) is 7.91. The Bertz CT molecular complexity index is 481. The maximum absolute atomic E-state index is 12.2. The minimum absolute atomic E-state index is 0. The summed E-state index contributed by atoms with van der Waals surface area (Å²) in [5.41, 5.74) is 1.14. The molecule has 0 aliphatic heterocycles. The summed E-state index contributed by atoms with van der Waals surface area (Å²) in [6.07, 6.45) is 11.8. The third-order valence-electron chi connectivity index (χ3n) is 5.73. The van der Waals surface area contributed by atoms with Gasteiger partial charge in [0.25, 0.3) is 5.91 Å². The van der Waals surface area contributed by atoms with Crippen LogP contribution in [-0.4, -0.2) is 17.4 Å². The van der Waals surface area contributed by atoms with Crippen LogP contribution in [0.4, 0.5) is 0 Å². The monoisotopic (exact) mass is 306 g/mol. The Balaban J connectivity index is 0.00000132. The van der Waals surface area contributed by atoms with Gasteiger partial charge in [-0.05, 0) is 73.8 Å². The number of rotatable bonds is 3. The van der Waals surface area contributed by atoms with Crippen LogP contribution in [0.1, 0.15) is 48.9 Å². The van der Waals surface area contributed by atoms with Crippen LogP contribution in [0.5, 0.6) is 0 Å². The Morgan fingerprint density at radius 3 is 2.14 bits per heavy atom. The van der Waals surface area contributed by atoms with Gasteiger partial charge in [0.05, 0.1) is 0 Å². The van der Waals surface area contributed by atoms with Crippen LogP contribution in [0.25, 0.3) is 0 Å². The van der Waals surface area contributed by atoms with Crippen LogP contribution in [0.15, 0.2) is 24.5 Å². The van der Waals surface area contributed by atoms with Crippen LogP contribution in [0.2, 0.25) is 0 Å². The molecule has 4 heteroatoms. The molecule has 1 amide bonds. The largest absolute Gasteiger partial charge is 0.351 e. The lowest BCUT2D eigenvalue weighted by Crippen LogP contribution is -2.51. The third kappa shape index (κ3) is 2.80. The van der Waals surface area contributed by atoms with E-state index in [0.717, 1.165) is 29.9 Å². The van der Waals surface area contributed by atoms with Crippen LogP contribution < -0.4 is 5.32 Å². The molecular formula is C17H23ClN2O. The van der Waals surface area contributed by atoms with E-state index in [0.29, 0.717) is 5.41 Å². The zero-order chi connectivity index (χ0) is 13.6. The molecule has 4 fully saturated rings. The average molecular weight is 307 g/mol. The Kier molecular flexibility index (Phi) is 3.96. The topological polar surface area (TPSA) is 42.0 Å². The number of pyridine rings is 1. The van der Waals surface area contributed by atoms with Crippen molar-refractivity contribution in [3.05, 3.63) is 30.1 Å². The number of carbonyl (C=O) groups excluding carboxylic acids is 1. The zero-order valence-corrected chi connectivity index (χ0v) is 13.1. The van der Waals surface area contributed by atoms with E-state index in [1.807, 2.05) is 0 Å². The number of halogens is 1. The highest BCUT2D eigenvalue weighted by Gasteiger charge is 2.50. The standard InChI is InChI=1S/C17H22N2O.ClH/c20-16(15-1-3-18-4-2-15)19-11-17-8-12-5-13(9-17)7-14(6-12)10-17;/h1-4,12-14H,5-11H2,(H,19,20);1H. The van der Waals surface area contributed by atoms with Crippen molar-refractivity contribution >= 4 is 18.3 Å². The predicted octanol–water partition coefficient (Wildman–Crippen LogP) is 3.45. The van der Waals surface area contributed by atoms with Gasteiger partial charge in [0.1, 0.15) is 0 Å². The van der Waals surface area contributed by atoms with Crippen LogP contribution in [0, 0.1) is 23.2 Å². The lowest BCUT2D eigenvalue weighted by molar-refractivity contribution is -0.0503. The summed E-state index contributed by atoms with van der Waals surface area (Å²) in [6, 6.07) is 3.57. The molecule has 4 bridgehead atoms. The molecule has 1 aromatic heterocycles. The summed E-state index contributed by atoms with van der Waals surface area (Å²) in [5.74, 6) is 2.89. The van der Waals surface area contributed by atoms with Gasteiger partial charge >= 0.3 is 0 Å². The molecule has 0 spiro atoms. The molecule has 3 nitrogen and oxygen atoms in total. The molecule has 1 aromatic rings. The second-order valence-corrected chi connectivity index (χ2v) is 7.34. The Morgan fingerprint density at radius 1 is 1.10 bits per heavy atom. The number of aromatic nitrogens is 1. The SMILES string of the molecule is Cl.O=C(NCC12CC3CC(CC(C3)C1)C2)c1ccncc1. The minimum atomic E-state index is 0. The quantitative estimate of drug-likeness (QED) is 0.929. The summed E-state index contributed by atoms with van der Waals surface area (Å²) in [7, 11) is 0. The van der Waals surface area contributed by atoms with Crippen molar-refractivity contribution in [1.82, 2.24) is 10.3 Å². The van der Waals surface area contributed by atoms with E-state index in [1.165, 1.54) is 38.5 Å². The fourth-order valence-corrected chi connectivity index (χ4v) is 5.38. The van der Waals surface area contributed by atoms with E-state index in [9.17, 15) is 4.79 Å². The number of nitrogens with one attached hydrogen (secondary N) is 1. The van der Waals surface area contributed by atoms with Crippen LogP contribution >= 0.6 is 12.4 Å². The van der Waals surface area contributed by atoms with Gasteiger partial charge in [-0.15, -0.1) is 12.4 Å². The molecule has 114 valence electrons. The number of carbonyl (C=O) groups is 1. The second kappa shape index (κ2) is 5.60. The van der Waals surface area contributed by atoms with E-state index < -0.39 is 0 Å². The fourth-order valence-electron chi connectivity index (χ4n) is 5.38. The van der Waals surface area contributed by atoms with Crippen LogP contribution in [-0.2, 0) is 0 Å². The van der Waals surface area contributed by atoms with Gasteiger partial charge in [-0.25, -0.2) is 0 Å². The van der Waals surface area contributed by atoms with E-state index in [-0.39, 0.29) is 18.3 Å². The number of nitrogens with zero attached hydrogens (tertiary/aromatic N) is 1. The molecular weight excluding hydrogens is 284 g/mol. The lowest BCUT2D eigenvalue weighted by Gasteiger charge is -2.56. The maximum Gasteiger partial charge on any atom is 0.251 e. The molecule has 0 atom stereocenters. The van der Waals surface area contributed by atoms with Crippen molar-refractivity contribution in [3.8, 4) is 0 Å². The summed E-state index contributed by atoms with van der Waals surface area (Å²) in [5, 5.41) is 3.19. The Morgan fingerprint density at radius 2 is 1.62 bits per heavy atom. The highest BCUT2D eigenvalue weighted by atomic mass is 35.5. The van der Waals surface area contributed by atoms with Crippen molar-refractivity contribution in [2.45, 2.75) is 38.5 Å².